The van der Waals surface area contributed by atoms with Gasteiger partial charge in [-0.2, -0.15) is 0 Å². The summed E-state index contributed by atoms with van der Waals surface area (Å²) in [6.45, 7) is 4.23. The zero-order valence-corrected chi connectivity index (χ0v) is 12.4. The maximum Gasteiger partial charge on any atom is 0.302 e. The Kier molecular flexibility index (Phi) is 3.59. The summed E-state index contributed by atoms with van der Waals surface area (Å²) in [6.07, 6.45) is 9.56. The predicted molar refractivity (Wildman–Crippen MR) is 74.6 cm³/mol. The standard InChI is InChI=1S/C16H28NO2/c1-12(18)19-16-13-6-8-14(16)15(9-7-13)17(2)10-4-3-5-11-17/h13-16H,3-11H2,1-2H3/q+1/t13-,14+,15-,16-/m0/s1. The number of esters is 1. The minimum absolute atomic E-state index is 0.0798. The van der Waals surface area contributed by atoms with E-state index in [0.29, 0.717) is 11.8 Å². The summed E-state index contributed by atoms with van der Waals surface area (Å²) in [5.74, 6) is 1.20. The van der Waals surface area contributed by atoms with Crippen molar-refractivity contribution in [3.63, 3.8) is 0 Å². The van der Waals surface area contributed by atoms with Gasteiger partial charge in [0.15, 0.2) is 0 Å². The molecule has 0 spiro atoms. The molecule has 1 aliphatic heterocycles. The van der Waals surface area contributed by atoms with Gasteiger partial charge in [-0.3, -0.25) is 4.79 Å². The van der Waals surface area contributed by atoms with Crippen LogP contribution in [0.1, 0.15) is 51.9 Å². The van der Waals surface area contributed by atoms with E-state index in [1.54, 1.807) is 6.92 Å². The van der Waals surface area contributed by atoms with Crippen molar-refractivity contribution in [1.29, 1.82) is 0 Å². The summed E-state index contributed by atoms with van der Waals surface area (Å²) in [7, 11) is 2.45. The highest BCUT2D eigenvalue weighted by molar-refractivity contribution is 5.66. The predicted octanol–water partition coefficient (Wildman–Crippen LogP) is 2.74. The van der Waals surface area contributed by atoms with E-state index in [2.05, 4.69) is 7.05 Å². The van der Waals surface area contributed by atoms with Crippen LogP contribution >= 0.6 is 0 Å². The molecule has 2 bridgehead atoms. The molecule has 1 saturated heterocycles. The molecule has 3 fully saturated rings. The van der Waals surface area contributed by atoms with Gasteiger partial charge in [-0.05, 0) is 44.4 Å². The van der Waals surface area contributed by atoms with Crippen LogP contribution in [-0.2, 0) is 9.53 Å². The highest BCUT2D eigenvalue weighted by Gasteiger charge is 2.52. The molecule has 0 aromatic rings. The molecule has 0 unspecified atom stereocenters. The van der Waals surface area contributed by atoms with Crippen LogP contribution in [0.4, 0.5) is 0 Å². The van der Waals surface area contributed by atoms with Crippen molar-refractivity contribution in [3.05, 3.63) is 0 Å². The summed E-state index contributed by atoms with van der Waals surface area (Å²) in [5.41, 5.74) is 0. The van der Waals surface area contributed by atoms with Crippen molar-refractivity contribution in [2.75, 3.05) is 20.1 Å². The lowest BCUT2D eigenvalue weighted by atomic mass is 9.79. The fourth-order valence-corrected chi connectivity index (χ4v) is 5.12. The minimum Gasteiger partial charge on any atom is -0.462 e. The largest absolute Gasteiger partial charge is 0.462 e. The van der Waals surface area contributed by atoms with E-state index in [9.17, 15) is 4.79 Å². The van der Waals surface area contributed by atoms with Crippen molar-refractivity contribution in [1.82, 2.24) is 0 Å². The van der Waals surface area contributed by atoms with Gasteiger partial charge in [0.2, 0.25) is 0 Å². The first kappa shape index (κ1) is 13.4. The molecular formula is C16H28NO2+. The minimum atomic E-state index is -0.0798. The maximum atomic E-state index is 11.4. The van der Waals surface area contributed by atoms with Crippen LogP contribution in [0.3, 0.4) is 0 Å². The Morgan fingerprint density at radius 3 is 2.42 bits per heavy atom. The fraction of sp³-hybridized carbons (Fsp3) is 0.938. The van der Waals surface area contributed by atoms with Gasteiger partial charge < -0.3 is 9.22 Å². The average Bonchev–Trinajstić information content (AvgIpc) is 2.62. The number of quaternary nitrogens is 1. The quantitative estimate of drug-likeness (QED) is 0.567. The Morgan fingerprint density at radius 2 is 1.74 bits per heavy atom. The molecule has 108 valence electrons. The van der Waals surface area contributed by atoms with Gasteiger partial charge in [-0.15, -0.1) is 0 Å². The Balaban J connectivity index is 1.77. The lowest BCUT2D eigenvalue weighted by Gasteiger charge is -2.49. The van der Waals surface area contributed by atoms with E-state index in [1.807, 2.05) is 0 Å². The summed E-state index contributed by atoms with van der Waals surface area (Å²) in [5, 5.41) is 0. The highest BCUT2D eigenvalue weighted by atomic mass is 16.5. The highest BCUT2D eigenvalue weighted by Crippen LogP contribution is 2.47. The van der Waals surface area contributed by atoms with Gasteiger partial charge in [0.1, 0.15) is 6.10 Å². The zero-order chi connectivity index (χ0) is 13.5. The van der Waals surface area contributed by atoms with Crippen LogP contribution in [-0.4, -0.2) is 42.7 Å². The average molecular weight is 266 g/mol. The normalized spacial score (nSPS) is 40.9. The van der Waals surface area contributed by atoms with Crippen molar-refractivity contribution >= 4 is 5.97 Å². The van der Waals surface area contributed by atoms with Gasteiger partial charge in [0.25, 0.3) is 0 Å². The van der Waals surface area contributed by atoms with Crippen LogP contribution in [0.25, 0.3) is 0 Å². The SMILES string of the molecule is CC(=O)O[C@H]1[C@H]2CC[C@@H]1[C@@H]([N+]1(C)CCCCC1)CC2. The summed E-state index contributed by atoms with van der Waals surface area (Å²) in [6, 6.07) is 0.739. The number of rotatable bonds is 2. The van der Waals surface area contributed by atoms with Crippen LogP contribution in [0.15, 0.2) is 0 Å². The summed E-state index contributed by atoms with van der Waals surface area (Å²) >= 11 is 0. The smallest absolute Gasteiger partial charge is 0.302 e. The second-order valence-corrected chi connectivity index (χ2v) is 7.21. The third kappa shape index (κ3) is 2.42. The molecule has 0 aromatic heterocycles. The summed E-state index contributed by atoms with van der Waals surface area (Å²) in [4.78, 5) is 11.4. The van der Waals surface area contributed by atoms with E-state index in [-0.39, 0.29) is 12.1 Å². The Morgan fingerprint density at radius 1 is 1.05 bits per heavy atom. The number of carbonyl (C=O) groups excluding carboxylic acids is 1. The molecule has 4 atom stereocenters. The van der Waals surface area contributed by atoms with Gasteiger partial charge in [-0.1, -0.05) is 0 Å². The van der Waals surface area contributed by atoms with E-state index in [0.717, 1.165) is 6.04 Å². The van der Waals surface area contributed by atoms with Crippen molar-refractivity contribution in [2.24, 2.45) is 11.8 Å². The zero-order valence-electron chi connectivity index (χ0n) is 12.4. The van der Waals surface area contributed by atoms with Crippen molar-refractivity contribution < 1.29 is 14.0 Å². The molecule has 3 heteroatoms. The third-order valence-electron chi connectivity index (χ3n) is 6.03. The van der Waals surface area contributed by atoms with Crippen LogP contribution in [0.2, 0.25) is 0 Å². The van der Waals surface area contributed by atoms with E-state index < -0.39 is 0 Å². The first-order chi connectivity index (χ1) is 9.10. The second kappa shape index (κ2) is 5.08. The Hall–Kier alpha value is -0.570. The number of likely N-dealkylation sites (tertiary alicyclic amines) is 1. The molecule has 3 rings (SSSR count). The van der Waals surface area contributed by atoms with Crippen molar-refractivity contribution in [2.45, 2.75) is 64.0 Å². The molecular weight excluding hydrogens is 238 g/mol. The molecule has 3 nitrogen and oxygen atoms in total. The molecule has 19 heavy (non-hydrogen) atoms. The monoisotopic (exact) mass is 266 g/mol. The van der Waals surface area contributed by atoms with E-state index in [4.69, 9.17) is 4.74 Å². The van der Waals surface area contributed by atoms with Gasteiger partial charge in [0.05, 0.1) is 26.2 Å². The lowest BCUT2D eigenvalue weighted by Crippen LogP contribution is -2.60. The van der Waals surface area contributed by atoms with Crippen molar-refractivity contribution in [3.8, 4) is 0 Å². The topological polar surface area (TPSA) is 26.3 Å². The molecule has 0 radical (unpaired) electrons. The molecule has 1 heterocycles. The number of ether oxygens (including phenoxy) is 1. The number of hydrogen-bond donors (Lipinski definition) is 0. The first-order valence-electron chi connectivity index (χ1n) is 8.11. The number of carbonyl (C=O) groups is 1. The number of hydrogen-bond acceptors (Lipinski definition) is 2. The van der Waals surface area contributed by atoms with E-state index >= 15 is 0 Å². The van der Waals surface area contributed by atoms with Gasteiger partial charge in [0, 0.05) is 19.3 Å². The van der Waals surface area contributed by atoms with E-state index in [1.165, 1.54) is 62.5 Å². The van der Waals surface area contributed by atoms with Crippen LogP contribution < -0.4 is 0 Å². The fourth-order valence-electron chi connectivity index (χ4n) is 5.12. The van der Waals surface area contributed by atoms with Gasteiger partial charge >= 0.3 is 5.97 Å². The molecule has 0 N–H and O–H groups in total. The maximum absolute atomic E-state index is 11.4. The number of piperidine rings is 1. The molecule has 2 aliphatic carbocycles. The van der Waals surface area contributed by atoms with Gasteiger partial charge in [-0.25, -0.2) is 0 Å². The summed E-state index contributed by atoms with van der Waals surface area (Å²) < 4.78 is 6.94. The third-order valence-corrected chi connectivity index (χ3v) is 6.03. The Bertz CT molecular complexity index is 349. The Labute approximate surface area is 116 Å². The van der Waals surface area contributed by atoms with Crippen LogP contribution in [0.5, 0.6) is 0 Å². The number of fused-ring (bicyclic) bond motifs is 2. The lowest BCUT2D eigenvalue weighted by molar-refractivity contribution is -0.942. The molecule has 0 aromatic carbocycles. The first-order valence-corrected chi connectivity index (χ1v) is 8.11. The number of nitrogens with zero attached hydrogens (tertiary/aromatic N) is 1. The second-order valence-electron chi connectivity index (χ2n) is 7.21. The van der Waals surface area contributed by atoms with Crippen LogP contribution in [0, 0.1) is 11.8 Å². The molecule has 3 aliphatic rings. The molecule has 2 saturated carbocycles. The molecule has 0 amide bonds.